The lowest BCUT2D eigenvalue weighted by Gasteiger charge is -2.38. The third-order valence-electron chi connectivity index (χ3n) is 5.45. The number of halogens is 1. The molecule has 3 heterocycles. The Morgan fingerprint density at radius 3 is 2.71 bits per heavy atom. The fraction of sp³-hybridized carbons (Fsp3) is 0.733. The average molecular weight is 311 g/mol. The van der Waals surface area contributed by atoms with Crippen LogP contribution in [0.3, 0.4) is 0 Å². The highest BCUT2D eigenvalue weighted by molar-refractivity contribution is 5.94. The molecular formula is C15H23ClN4O. The van der Waals surface area contributed by atoms with Crippen LogP contribution in [-0.4, -0.2) is 47.2 Å². The molecule has 1 amide bonds. The smallest absolute Gasteiger partial charge is 0.274 e. The van der Waals surface area contributed by atoms with Gasteiger partial charge in [-0.25, -0.2) is 0 Å². The summed E-state index contributed by atoms with van der Waals surface area (Å²) >= 11 is 0. The maximum absolute atomic E-state index is 12.7. The summed E-state index contributed by atoms with van der Waals surface area (Å²) in [6.07, 6.45) is 6.75. The molecular weight excluding hydrogens is 288 g/mol. The first kappa shape index (κ1) is 14.9. The summed E-state index contributed by atoms with van der Waals surface area (Å²) in [5, 5.41) is 10.8. The van der Waals surface area contributed by atoms with Crippen molar-refractivity contribution in [3.05, 3.63) is 17.0 Å². The minimum atomic E-state index is 0. The number of hydrogen-bond acceptors (Lipinski definition) is 3. The van der Waals surface area contributed by atoms with Crippen molar-refractivity contribution in [2.45, 2.75) is 38.5 Å². The lowest BCUT2D eigenvalue weighted by molar-refractivity contribution is 0.0601. The standard InChI is InChI=1S/C15H22N4O.ClH/c20-14(13-11-2-1-3-12(11)17-18-13)19-8-5-15(6-9-19)4-7-16-10-15;/h16H,1-10H2,(H,17,18);1H. The van der Waals surface area contributed by atoms with Gasteiger partial charge in [-0.3, -0.25) is 9.89 Å². The number of fused-ring (bicyclic) bond motifs is 1. The first-order valence-corrected chi connectivity index (χ1v) is 7.84. The molecule has 21 heavy (non-hydrogen) atoms. The van der Waals surface area contributed by atoms with E-state index in [1.807, 2.05) is 4.90 Å². The van der Waals surface area contributed by atoms with E-state index in [0.717, 1.165) is 58.3 Å². The molecule has 1 spiro atoms. The van der Waals surface area contributed by atoms with Gasteiger partial charge in [0.1, 0.15) is 0 Å². The van der Waals surface area contributed by atoms with Crippen LogP contribution in [0.15, 0.2) is 0 Å². The molecule has 6 heteroatoms. The average Bonchev–Trinajstić information content (AvgIpc) is 3.15. The molecule has 4 rings (SSSR count). The molecule has 2 aliphatic heterocycles. The van der Waals surface area contributed by atoms with Crippen molar-refractivity contribution in [1.82, 2.24) is 20.4 Å². The largest absolute Gasteiger partial charge is 0.337 e. The molecule has 5 nitrogen and oxygen atoms in total. The van der Waals surface area contributed by atoms with Crippen molar-refractivity contribution < 1.29 is 4.79 Å². The number of amides is 1. The number of nitrogens with one attached hydrogen (secondary N) is 2. The van der Waals surface area contributed by atoms with E-state index in [9.17, 15) is 4.79 Å². The van der Waals surface area contributed by atoms with Crippen molar-refractivity contribution in [2.75, 3.05) is 26.2 Å². The number of piperidine rings is 1. The van der Waals surface area contributed by atoms with Crippen molar-refractivity contribution in [3.63, 3.8) is 0 Å². The van der Waals surface area contributed by atoms with Gasteiger partial charge in [0.05, 0.1) is 0 Å². The van der Waals surface area contributed by atoms with Gasteiger partial charge in [-0.05, 0) is 50.5 Å². The maximum Gasteiger partial charge on any atom is 0.274 e. The van der Waals surface area contributed by atoms with Crippen LogP contribution in [0.5, 0.6) is 0 Å². The van der Waals surface area contributed by atoms with Crippen LogP contribution in [0, 0.1) is 5.41 Å². The Balaban J connectivity index is 0.00000132. The Morgan fingerprint density at radius 2 is 2.00 bits per heavy atom. The van der Waals surface area contributed by atoms with Crippen LogP contribution in [0.2, 0.25) is 0 Å². The van der Waals surface area contributed by atoms with Gasteiger partial charge in [0.2, 0.25) is 0 Å². The third kappa shape index (κ3) is 2.46. The van der Waals surface area contributed by atoms with Crippen LogP contribution >= 0.6 is 12.4 Å². The van der Waals surface area contributed by atoms with Gasteiger partial charge in [-0.2, -0.15) is 5.10 Å². The molecule has 2 saturated heterocycles. The predicted octanol–water partition coefficient (Wildman–Crippen LogP) is 1.54. The van der Waals surface area contributed by atoms with E-state index >= 15 is 0 Å². The number of carbonyl (C=O) groups excluding carboxylic acids is 1. The molecule has 1 aromatic rings. The highest BCUT2D eigenvalue weighted by Gasteiger charge is 2.39. The van der Waals surface area contributed by atoms with Crippen molar-refractivity contribution in [2.24, 2.45) is 5.41 Å². The van der Waals surface area contributed by atoms with Gasteiger partial charge in [-0.15, -0.1) is 12.4 Å². The third-order valence-corrected chi connectivity index (χ3v) is 5.45. The molecule has 2 N–H and O–H groups in total. The van der Waals surface area contributed by atoms with Gasteiger partial charge < -0.3 is 10.2 Å². The van der Waals surface area contributed by atoms with Crippen LogP contribution < -0.4 is 5.32 Å². The van der Waals surface area contributed by atoms with Gasteiger partial charge in [0.25, 0.3) is 5.91 Å². The molecule has 0 radical (unpaired) electrons. The molecule has 0 bridgehead atoms. The Labute approximate surface area is 131 Å². The number of carbonyl (C=O) groups is 1. The van der Waals surface area contributed by atoms with E-state index in [4.69, 9.17) is 0 Å². The number of H-pyrrole nitrogens is 1. The van der Waals surface area contributed by atoms with Gasteiger partial charge in [0, 0.05) is 30.9 Å². The summed E-state index contributed by atoms with van der Waals surface area (Å²) in [5.41, 5.74) is 3.52. The Hall–Kier alpha value is -1.07. The molecule has 3 aliphatic rings. The number of aromatic nitrogens is 2. The lowest BCUT2D eigenvalue weighted by atomic mass is 9.78. The second-order valence-corrected chi connectivity index (χ2v) is 6.60. The van der Waals surface area contributed by atoms with E-state index in [2.05, 4.69) is 15.5 Å². The quantitative estimate of drug-likeness (QED) is 0.827. The summed E-state index contributed by atoms with van der Waals surface area (Å²) < 4.78 is 0. The zero-order valence-electron chi connectivity index (χ0n) is 12.3. The number of aromatic amines is 1. The fourth-order valence-corrected chi connectivity index (χ4v) is 4.05. The van der Waals surface area contributed by atoms with Gasteiger partial charge >= 0.3 is 0 Å². The summed E-state index contributed by atoms with van der Waals surface area (Å²) in [6.45, 7) is 4.05. The topological polar surface area (TPSA) is 61.0 Å². The second kappa shape index (κ2) is 5.61. The number of likely N-dealkylation sites (tertiary alicyclic amines) is 1. The van der Waals surface area contributed by atoms with Crippen molar-refractivity contribution in [3.8, 4) is 0 Å². The molecule has 0 aromatic carbocycles. The summed E-state index contributed by atoms with van der Waals surface area (Å²) in [6, 6.07) is 0. The SMILES string of the molecule is Cl.O=C(c1n[nH]c2c1CCC2)N1CCC2(CCNC2)CC1. The van der Waals surface area contributed by atoms with Crippen LogP contribution in [-0.2, 0) is 12.8 Å². The normalized spacial score (nSPS) is 23.1. The number of nitrogens with zero attached hydrogens (tertiary/aromatic N) is 2. The molecule has 1 aromatic heterocycles. The maximum atomic E-state index is 12.7. The van der Waals surface area contributed by atoms with E-state index in [0.29, 0.717) is 11.1 Å². The summed E-state index contributed by atoms with van der Waals surface area (Å²) in [7, 11) is 0. The lowest BCUT2D eigenvalue weighted by Crippen LogP contribution is -2.44. The fourth-order valence-electron chi connectivity index (χ4n) is 4.05. The molecule has 2 fully saturated rings. The van der Waals surface area contributed by atoms with Gasteiger partial charge in [-0.1, -0.05) is 0 Å². The highest BCUT2D eigenvalue weighted by Crippen LogP contribution is 2.37. The second-order valence-electron chi connectivity index (χ2n) is 6.60. The molecule has 1 aliphatic carbocycles. The number of hydrogen-bond donors (Lipinski definition) is 2. The van der Waals surface area contributed by atoms with Crippen LogP contribution in [0.25, 0.3) is 0 Å². The number of rotatable bonds is 1. The molecule has 116 valence electrons. The highest BCUT2D eigenvalue weighted by atomic mass is 35.5. The zero-order chi connectivity index (χ0) is 13.6. The van der Waals surface area contributed by atoms with Crippen LogP contribution in [0.4, 0.5) is 0 Å². The Bertz CT molecular complexity index is 526. The van der Waals surface area contributed by atoms with E-state index < -0.39 is 0 Å². The Morgan fingerprint density at radius 1 is 1.19 bits per heavy atom. The Kier molecular flexibility index (Phi) is 3.97. The van der Waals surface area contributed by atoms with E-state index in [-0.39, 0.29) is 18.3 Å². The monoisotopic (exact) mass is 310 g/mol. The summed E-state index contributed by atoms with van der Waals surface area (Å²) in [4.78, 5) is 14.7. The first-order valence-electron chi connectivity index (χ1n) is 7.84. The molecule has 0 unspecified atom stereocenters. The molecule has 0 atom stereocenters. The van der Waals surface area contributed by atoms with Crippen molar-refractivity contribution >= 4 is 18.3 Å². The van der Waals surface area contributed by atoms with Crippen molar-refractivity contribution in [1.29, 1.82) is 0 Å². The number of aryl methyl sites for hydroxylation is 1. The van der Waals surface area contributed by atoms with Gasteiger partial charge in [0.15, 0.2) is 5.69 Å². The minimum absolute atomic E-state index is 0. The van der Waals surface area contributed by atoms with Crippen LogP contribution in [0.1, 0.15) is 47.4 Å². The minimum Gasteiger partial charge on any atom is -0.337 e. The van der Waals surface area contributed by atoms with E-state index in [1.54, 1.807) is 0 Å². The first-order chi connectivity index (χ1) is 9.77. The summed E-state index contributed by atoms with van der Waals surface area (Å²) in [5.74, 6) is 0.144. The zero-order valence-corrected chi connectivity index (χ0v) is 13.1. The van der Waals surface area contributed by atoms with E-state index in [1.165, 1.54) is 17.7 Å². The molecule has 0 saturated carbocycles. The predicted molar refractivity (Wildman–Crippen MR) is 82.9 cm³/mol.